The Morgan fingerprint density at radius 1 is 1.56 bits per heavy atom. The summed E-state index contributed by atoms with van der Waals surface area (Å²) in [6, 6.07) is 0.737. The minimum absolute atomic E-state index is 0.130. The molecule has 1 aromatic rings. The highest BCUT2D eigenvalue weighted by atomic mass is 16.2. The van der Waals surface area contributed by atoms with Crippen LogP contribution in [0.2, 0.25) is 0 Å². The smallest absolute Gasteiger partial charge is 0.272 e. The van der Waals surface area contributed by atoms with Gasteiger partial charge in [-0.15, -0.1) is 0 Å². The Hall–Kier alpha value is -1.32. The standard InChI is InChI=1S/C14H23N3O/c1-5-10(2)11(3)17(12-6-7-12)14(18)13-8-15-9-16(13)4/h8-12H,5-7H2,1-4H3/t10-,11+/m0/s1. The quantitative estimate of drug-likeness (QED) is 0.804. The number of aryl methyl sites for hydroxylation is 1. The molecular formula is C14H23N3O. The van der Waals surface area contributed by atoms with Crippen LogP contribution in [0.4, 0.5) is 0 Å². The summed E-state index contributed by atoms with van der Waals surface area (Å²) < 4.78 is 1.81. The number of carbonyl (C=O) groups is 1. The van der Waals surface area contributed by atoms with Crippen molar-refractivity contribution in [1.29, 1.82) is 0 Å². The zero-order chi connectivity index (χ0) is 13.3. The molecule has 1 heterocycles. The average Bonchev–Trinajstić information content (AvgIpc) is 3.09. The molecule has 1 fully saturated rings. The van der Waals surface area contributed by atoms with Crippen LogP contribution in [0.15, 0.2) is 12.5 Å². The lowest BCUT2D eigenvalue weighted by Crippen LogP contribution is -2.44. The summed E-state index contributed by atoms with van der Waals surface area (Å²) in [7, 11) is 1.87. The van der Waals surface area contributed by atoms with Crippen LogP contribution >= 0.6 is 0 Å². The first-order chi connectivity index (χ1) is 8.56. The Morgan fingerprint density at radius 3 is 2.67 bits per heavy atom. The third-order valence-electron chi connectivity index (χ3n) is 4.12. The van der Waals surface area contributed by atoms with Crippen molar-refractivity contribution in [2.45, 2.75) is 52.1 Å². The van der Waals surface area contributed by atoms with E-state index in [4.69, 9.17) is 0 Å². The molecule has 2 atom stereocenters. The molecule has 0 N–H and O–H groups in total. The van der Waals surface area contributed by atoms with E-state index in [1.165, 1.54) is 0 Å². The molecule has 0 unspecified atom stereocenters. The maximum atomic E-state index is 12.6. The van der Waals surface area contributed by atoms with Gasteiger partial charge in [0.15, 0.2) is 0 Å². The van der Waals surface area contributed by atoms with Gasteiger partial charge in [0.25, 0.3) is 5.91 Å². The highest BCUT2D eigenvalue weighted by Gasteiger charge is 2.38. The molecule has 1 aromatic heterocycles. The van der Waals surface area contributed by atoms with Crippen LogP contribution in [0.5, 0.6) is 0 Å². The number of aromatic nitrogens is 2. The molecule has 2 rings (SSSR count). The van der Waals surface area contributed by atoms with Gasteiger partial charge in [0.1, 0.15) is 5.69 Å². The molecule has 4 heteroatoms. The first-order valence-electron chi connectivity index (χ1n) is 6.85. The van der Waals surface area contributed by atoms with Crippen molar-refractivity contribution in [3.63, 3.8) is 0 Å². The molecule has 1 saturated carbocycles. The summed E-state index contributed by atoms with van der Waals surface area (Å²) in [5.74, 6) is 0.660. The number of imidazole rings is 1. The second-order valence-electron chi connectivity index (χ2n) is 5.46. The molecule has 0 radical (unpaired) electrons. The molecule has 0 spiro atoms. The third-order valence-corrected chi connectivity index (χ3v) is 4.12. The number of rotatable bonds is 5. The summed E-state index contributed by atoms with van der Waals surface area (Å²) in [5, 5.41) is 0. The Morgan fingerprint density at radius 2 is 2.22 bits per heavy atom. The van der Waals surface area contributed by atoms with Gasteiger partial charge in [0.05, 0.1) is 12.5 Å². The van der Waals surface area contributed by atoms with Gasteiger partial charge >= 0.3 is 0 Å². The lowest BCUT2D eigenvalue weighted by molar-refractivity contribution is 0.0606. The van der Waals surface area contributed by atoms with Crippen LogP contribution in [0.1, 0.15) is 50.5 Å². The van der Waals surface area contributed by atoms with Crippen LogP contribution in [-0.2, 0) is 7.05 Å². The Labute approximate surface area is 109 Å². The minimum atomic E-state index is 0.130. The molecule has 1 aliphatic carbocycles. The topological polar surface area (TPSA) is 38.1 Å². The average molecular weight is 249 g/mol. The first kappa shape index (κ1) is 13.1. The van der Waals surface area contributed by atoms with Gasteiger partial charge in [-0.1, -0.05) is 20.3 Å². The Kier molecular flexibility index (Phi) is 3.73. The van der Waals surface area contributed by atoms with E-state index in [1.54, 1.807) is 17.1 Å². The van der Waals surface area contributed by atoms with E-state index in [1.807, 2.05) is 7.05 Å². The Bertz CT molecular complexity index is 422. The Balaban J connectivity index is 2.20. The van der Waals surface area contributed by atoms with E-state index >= 15 is 0 Å². The van der Waals surface area contributed by atoms with E-state index in [-0.39, 0.29) is 5.91 Å². The van der Waals surface area contributed by atoms with Crippen LogP contribution in [-0.4, -0.2) is 32.4 Å². The summed E-state index contributed by atoms with van der Waals surface area (Å²) in [5.41, 5.74) is 0.692. The van der Waals surface area contributed by atoms with Gasteiger partial charge in [-0.2, -0.15) is 0 Å². The van der Waals surface area contributed by atoms with Gasteiger partial charge < -0.3 is 9.47 Å². The fourth-order valence-corrected chi connectivity index (χ4v) is 2.35. The molecular weight excluding hydrogens is 226 g/mol. The summed E-state index contributed by atoms with van der Waals surface area (Å²) >= 11 is 0. The molecule has 0 aliphatic heterocycles. The maximum absolute atomic E-state index is 12.6. The zero-order valence-corrected chi connectivity index (χ0v) is 11.8. The highest BCUT2D eigenvalue weighted by Crippen LogP contribution is 2.32. The van der Waals surface area contributed by atoms with Crippen molar-refractivity contribution in [3.05, 3.63) is 18.2 Å². The first-order valence-corrected chi connectivity index (χ1v) is 6.85. The summed E-state index contributed by atoms with van der Waals surface area (Å²) in [6.07, 6.45) is 6.74. The molecule has 0 saturated heterocycles. The van der Waals surface area contributed by atoms with E-state index in [9.17, 15) is 4.79 Å². The minimum Gasteiger partial charge on any atom is -0.331 e. The van der Waals surface area contributed by atoms with Crippen molar-refractivity contribution in [2.24, 2.45) is 13.0 Å². The largest absolute Gasteiger partial charge is 0.331 e. The zero-order valence-electron chi connectivity index (χ0n) is 11.8. The van der Waals surface area contributed by atoms with Crippen molar-refractivity contribution in [1.82, 2.24) is 14.5 Å². The fourth-order valence-electron chi connectivity index (χ4n) is 2.35. The number of carbonyl (C=O) groups excluding carboxylic acids is 1. The fraction of sp³-hybridized carbons (Fsp3) is 0.714. The molecule has 4 nitrogen and oxygen atoms in total. The molecule has 18 heavy (non-hydrogen) atoms. The van der Waals surface area contributed by atoms with Crippen LogP contribution in [0.25, 0.3) is 0 Å². The van der Waals surface area contributed by atoms with Gasteiger partial charge in [-0.3, -0.25) is 4.79 Å². The van der Waals surface area contributed by atoms with Gasteiger partial charge in [0, 0.05) is 19.1 Å². The highest BCUT2D eigenvalue weighted by molar-refractivity contribution is 5.93. The van der Waals surface area contributed by atoms with E-state index < -0.39 is 0 Å². The normalized spacial score (nSPS) is 18.4. The van der Waals surface area contributed by atoms with Crippen molar-refractivity contribution < 1.29 is 4.79 Å². The second-order valence-corrected chi connectivity index (χ2v) is 5.46. The SMILES string of the molecule is CC[C@H](C)[C@@H](C)N(C(=O)c1cncn1C)C1CC1. The van der Waals surface area contributed by atoms with Gasteiger partial charge in [-0.05, 0) is 25.7 Å². The third kappa shape index (κ3) is 2.42. The van der Waals surface area contributed by atoms with E-state index in [0.29, 0.717) is 23.7 Å². The van der Waals surface area contributed by atoms with E-state index in [0.717, 1.165) is 19.3 Å². The van der Waals surface area contributed by atoms with Crippen molar-refractivity contribution >= 4 is 5.91 Å². The van der Waals surface area contributed by atoms with Crippen LogP contribution in [0, 0.1) is 5.92 Å². The molecule has 1 amide bonds. The van der Waals surface area contributed by atoms with E-state index in [2.05, 4.69) is 30.7 Å². The van der Waals surface area contributed by atoms with Crippen LogP contribution < -0.4 is 0 Å². The number of hydrogen-bond acceptors (Lipinski definition) is 2. The van der Waals surface area contributed by atoms with Gasteiger partial charge in [0.2, 0.25) is 0 Å². The number of nitrogens with zero attached hydrogens (tertiary/aromatic N) is 3. The second kappa shape index (κ2) is 5.12. The molecule has 0 aromatic carbocycles. The molecule has 0 bridgehead atoms. The summed E-state index contributed by atoms with van der Waals surface area (Å²) in [4.78, 5) is 18.8. The predicted octanol–water partition coefficient (Wildman–Crippen LogP) is 2.46. The number of amides is 1. The monoisotopic (exact) mass is 249 g/mol. The lowest BCUT2D eigenvalue weighted by atomic mass is 9.98. The lowest BCUT2D eigenvalue weighted by Gasteiger charge is -2.33. The molecule has 1 aliphatic rings. The number of hydrogen-bond donors (Lipinski definition) is 0. The van der Waals surface area contributed by atoms with Crippen LogP contribution in [0.3, 0.4) is 0 Å². The maximum Gasteiger partial charge on any atom is 0.272 e. The summed E-state index contributed by atoms with van der Waals surface area (Å²) in [6.45, 7) is 6.57. The molecule has 100 valence electrons. The van der Waals surface area contributed by atoms with Crippen molar-refractivity contribution in [2.75, 3.05) is 0 Å². The van der Waals surface area contributed by atoms with Gasteiger partial charge in [-0.25, -0.2) is 4.98 Å². The predicted molar refractivity (Wildman–Crippen MR) is 71.3 cm³/mol. The van der Waals surface area contributed by atoms with Crippen molar-refractivity contribution in [3.8, 4) is 0 Å².